The number of nitrogens with zero attached hydrogens (tertiary/aromatic N) is 2. The molecular weight excluding hydrogens is 551 g/mol. The molecule has 222 valence electrons. The Hall–Kier alpha value is -3.62. The molecule has 1 unspecified atom stereocenters. The number of ether oxygens (including phenoxy) is 1. The van der Waals surface area contributed by atoms with Gasteiger partial charge in [0.05, 0.1) is 11.6 Å². The standard InChI is InChI=1S/C27H30F3N3O8/c1-32(2)19-13-8-10-7-12-17(15(34)9-11(14-5-4-6-33(14)3)22(12)41-27(28,29)30)20(35)16(10)23(37)26(13,40)24(38)18(21(19)36)25(31)39/h9-10,13-14,19,34-35,38,40H,4-8H2,1-3H3,(H2,31,39)/t10-,13-,14?,19-,26-/m0/s1. The normalized spacial score (nSPS) is 30.4. The number of carbonyl (C=O) groups is 3. The van der Waals surface area contributed by atoms with E-state index in [-0.39, 0.29) is 24.0 Å². The lowest BCUT2D eigenvalue weighted by Gasteiger charge is -2.50. The Balaban J connectivity index is 1.75. The molecule has 6 N–H and O–H groups in total. The third kappa shape index (κ3) is 4.18. The monoisotopic (exact) mass is 581 g/mol. The van der Waals surface area contributed by atoms with Gasteiger partial charge in [0.1, 0.15) is 28.6 Å². The van der Waals surface area contributed by atoms with Crippen molar-refractivity contribution in [2.24, 2.45) is 17.6 Å². The van der Waals surface area contributed by atoms with E-state index >= 15 is 0 Å². The highest BCUT2D eigenvalue weighted by atomic mass is 19.4. The van der Waals surface area contributed by atoms with Gasteiger partial charge in [-0.25, -0.2) is 0 Å². The second-order valence-electron chi connectivity index (χ2n) is 11.3. The molecule has 1 saturated carbocycles. The number of amides is 1. The van der Waals surface area contributed by atoms with Gasteiger partial charge < -0.3 is 30.9 Å². The van der Waals surface area contributed by atoms with Gasteiger partial charge in [0.25, 0.3) is 5.91 Å². The summed E-state index contributed by atoms with van der Waals surface area (Å²) in [4.78, 5) is 42.3. The Bertz CT molecular complexity index is 1440. The molecule has 14 heteroatoms. The molecule has 2 fully saturated rings. The van der Waals surface area contributed by atoms with Crippen LogP contribution < -0.4 is 10.5 Å². The number of primary amides is 1. The van der Waals surface area contributed by atoms with Gasteiger partial charge in [-0.2, -0.15) is 0 Å². The molecule has 1 heterocycles. The fraction of sp³-hybridized carbons (Fsp3) is 0.519. The van der Waals surface area contributed by atoms with Crippen molar-refractivity contribution in [3.8, 4) is 11.5 Å². The number of nitrogens with two attached hydrogens (primary N) is 1. The Kier molecular flexibility index (Phi) is 6.67. The number of aliphatic hydroxyl groups is 3. The largest absolute Gasteiger partial charge is 0.573 e. The number of benzene rings is 1. The number of phenolic OH excluding ortho intramolecular Hbond substituents is 1. The van der Waals surface area contributed by atoms with Crippen LogP contribution in [0.4, 0.5) is 13.2 Å². The third-order valence-corrected chi connectivity index (χ3v) is 8.80. The van der Waals surface area contributed by atoms with Crippen molar-refractivity contribution < 1.29 is 52.7 Å². The molecule has 4 aliphatic rings. The fourth-order valence-electron chi connectivity index (χ4n) is 7.11. The van der Waals surface area contributed by atoms with Gasteiger partial charge >= 0.3 is 6.36 Å². The summed E-state index contributed by atoms with van der Waals surface area (Å²) in [5.74, 6) is -9.28. The van der Waals surface area contributed by atoms with E-state index in [2.05, 4.69) is 4.74 Å². The summed E-state index contributed by atoms with van der Waals surface area (Å²) in [5, 5.41) is 44.8. The molecule has 0 bridgehead atoms. The quantitative estimate of drug-likeness (QED) is 0.329. The molecule has 1 aliphatic heterocycles. The van der Waals surface area contributed by atoms with Crippen molar-refractivity contribution in [2.75, 3.05) is 27.7 Å². The van der Waals surface area contributed by atoms with Crippen molar-refractivity contribution in [3.63, 3.8) is 0 Å². The molecule has 1 saturated heterocycles. The average Bonchev–Trinajstić information content (AvgIpc) is 3.27. The molecule has 11 nitrogen and oxygen atoms in total. The maximum absolute atomic E-state index is 13.9. The number of aromatic hydroxyl groups is 1. The van der Waals surface area contributed by atoms with Gasteiger partial charge in [0.15, 0.2) is 11.4 Å². The smallest absolute Gasteiger partial charge is 0.508 e. The number of phenols is 1. The van der Waals surface area contributed by atoms with Gasteiger partial charge in [-0.1, -0.05) is 0 Å². The first-order valence-electron chi connectivity index (χ1n) is 13.0. The summed E-state index contributed by atoms with van der Waals surface area (Å²) in [6.45, 7) is 0.602. The van der Waals surface area contributed by atoms with Gasteiger partial charge in [-0.15, -0.1) is 13.2 Å². The first-order valence-corrected chi connectivity index (χ1v) is 13.0. The van der Waals surface area contributed by atoms with E-state index in [9.17, 15) is 48.0 Å². The van der Waals surface area contributed by atoms with Crippen LogP contribution in [-0.4, -0.2) is 93.4 Å². The number of hydrogen-bond donors (Lipinski definition) is 5. The van der Waals surface area contributed by atoms with Crippen LogP contribution in [0.1, 0.15) is 42.0 Å². The molecule has 0 spiro atoms. The first-order chi connectivity index (χ1) is 19.0. The SMILES string of the molecule is CN1CCCC1c1cc(O)c2c(c1OC(F)(F)F)C[C@H]1C[C@H]3[C@H](N(C)C)C(=O)C(C(N)=O)=C(O)[C@@]3(O)C(=O)C1=C2O. The summed E-state index contributed by atoms with van der Waals surface area (Å²) in [6, 6.07) is -0.763. The van der Waals surface area contributed by atoms with Gasteiger partial charge in [-0.3, -0.25) is 24.2 Å². The minimum Gasteiger partial charge on any atom is -0.508 e. The van der Waals surface area contributed by atoms with Gasteiger partial charge in [0.2, 0.25) is 5.78 Å². The van der Waals surface area contributed by atoms with E-state index in [1.165, 1.54) is 19.0 Å². The predicted molar refractivity (Wildman–Crippen MR) is 136 cm³/mol. The van der Waals surface area contributed by atoms with Crippen LogP contribution in [0, 0.1) is 11.8 Å². The molecule has 1 amide bonds. The summed E-state index contributed by atoms with van der Waals surface area (Å²) >= 11 is 0. The van der Waals surface area contributed by atoms with Crippen LogP contribution in [0.5, 0.6) is 11.5 Å². The van der Waals surface area contributed by atoms with E-state index in [0.29, 0.717) is 19.4 Å². The maximum Gasteiger partial charge on any atom is 0.573 e. The lowest BCUT2D eigenvalue weighted by atomic mass is 9.57. The van der Waals surface area contributed by atoms with E-state index in [0.717, 1.165) is 6.07 Å². The molecule has 1 aromatic rings. The number of ketones is 2. The van der Waals surface area contributed by atoms with Crippen molar-refractivity contribution in [1.29, 1.82) is 0 Å². The van der Waals surface area contributed by atoms with Crippen molar-refractivity contribution in [2.45, 2.75) is 49.7 Å². The minimum absolute atomic E-state index is 0.0687. The van der Waals surface area contributed by atoms with Crippen molar-refractivity contribution in [1.82, 2.24) is 9.80 Å². The van der Waals surface area contributed by atoms with E-state index in [1.54, 1.807) is 7.05 Å². The predicted octanol–water partition coefficient (Wildman–Crippen LogP) is 1.63. The number of Topliss-reactive ketones (excluding diaryl/α,β-unsaturated/α-hetero) is 2. The zero-order chi connectivity index (χ0) is 30.3. The van der Waals surface area contributed by atoms with Crippen LogP contribution in [0.3, 0.4) is 0 Å². The summed E-state index contributed by atoms with van der Waals surface area (Å²) < 4.78 is 45.6. The zero-order valence-electron chi connectivity index (χ0n) is 22.4. The van der Waals surface area contributed by atoms with Crippen LogP contribution in [0.25, 0.3) is 5.76 Å². The molecule has 5 rings (SSSR count). The van der Waals surface area contributed by atoms with Crippen LogP contribution in [0.2, 0.25) is 0 Å². The number of rotatable bonds is 4. The Morgan fingerprint density at radius 1 is 1.22 bits per heavy atom. The Morgan fingerprint density at radius 3 is 2.41 bits per heavy atom. The number of halogens is 3. The van der Waals surface area contributed by atoms with E-state index in [1.807, 2.05) is 4.90 Å². The van der Waals surface area contributed by atoms with Crippen molar-refractivity contribution in [3.05, 3.63) is 39.7 Å². The van der Waals surface area contributed by atoms with E-state index < -0.39 is 93.1 Å². The molecule has 0 aromatic heterocycles. The number of alkyl halides is 3. The molecule has 1 aromatic carbocycles. The van der Waals surface area contributed by atoms with Crippen molar-refractivity contribution >= 4 is 23.2 Å². The maximum atomic E-state index is 13.9. The zero-order valence-corrected chi connectivity index (χ0v) is 22.4. The van der Waals surface area contributed by atoms with E-state index in [4.69, 9.17) is 5.73 Å². The molecule has 0 radical (unpaired) electrons. The number of fused-ring (bicyclic) bond motifs is 3. The fourth-order valence-corrected chi connectivity index (χ4v) is 7.11. The minimum atomic E-state index is -5.12. The highest BCUT2D eigenvalue weighted by molar-refractivity contribution is 6.24. The lowest BCUT2D eigenvalue weighted by molar-refractivity contribution is -0.275. The first kappa shape index (κ1) is 28.9. The van der Waals surface area contributed by atoms with Crippen LogP contribution >= 0.6 is 0 Å². The number of carbonyl (C=O) groups excluding carboxylic acids is 3. The highest BCUT2D eigenvalue weighted by Gasteiger charge is 2.64. The molecular formula is C27H30F3N3O8. The van der Waals surface area contributed by atoms with Crippen LogP contribution in [0.15, 0.2) is 23.0 Å². The Labute approximate surface area is 232 Å². The number of likely N-dealkylation sites (N-methyl/N-ethyl adjacent to an activating group) is 1. The Morgan fingerprint density at radius 2 is 1.88 bits per heavy atom. The lowest BCUT2D eigenvalue weighted by Crippen LogP contribution is -2.65. The average molecular weight is 582 g/mol. The van der Waals surface area contributed by atoms with Crippen LogP contribution in [-0.2, 0) is 20.8 Å². The summed E-state index contributed by atoms with van der Waals surface area (Å²) in [7, 11) is 4.62. The topological polar surface area (TPSA) is 174 Å². The summed E-state index contributed by atoms with van der Waals surface area (Å²) in [6.07, 6.45) is -4.51. The third-order valence-electron chi connectivity index (χ3n) is 8.80. The second kappa shape index (κ2) is 9.46. The molecule has 3 aliphatic carbocycles. The molecule has 5 atom stereocenters. The highest BCUT2D eigenvalue weighted by Crippen LogP contribution is 2.55. The molecule has 41 heavy (non-hydrogen) atoms. The number of likely N-dealkylation sites (tertiary alicyclic amines) is 1. The number of hydrogen-bond acceptors (Lipinski definition) is 10. The summed E-state index contributed by atoms with van der Waals surface area (Å²) in [5.41, 5.74) is 0.454. The second-order valence-corrected chi connectivity index (χ2v) is 11.3. The van der Waals surface area contributed by atoms with Gasteiger partial charge in [0, 0.05) is 28.7 Å². The number of aliphatic hydroxyl groups excluding tert-OH is 2. The van der Waals surface area contributed by atoms with Gasteiger partial charge in [-0.05, 0) is 65.4 Å².